The topological polar surface area (TPSA) is 137 Å². The molecule has 48 heavy (non-hydrogen) atoms. The summed E-state index contributed by atoms with van der Waals surface area (Å²) < 4.78 is 46.2. The highest BCUT2D eigenvalue weighted by Crippen LogP contribution is 2.34. The molecule has 2 N–H and O–H groups in total. The lowest BCUT2D eigenvalue weighted by Gasteiger charge is -2.26. The number of aryl methyl sites for hydroxylation is 1. The van der Waals surface area contributed by atoms with Crippen molar-refractivity contribution in [1.82, 2.24) is 9.71 Å². The molecule has 1 atom stereocenters. The summed E-state index contributed by atoms with van der Waals surface area (Å²) in [6.07, 6.45) is 3.44. The third kappa shape index (κ3) is 8.10. The van der Waals surface area contributed by atoms with E-state index in [1.807, 2.05) is 43.3 Å². The van der Waals surface area contributed by atoms with E-state index in [9.17, 15) is 18.0 Å². The molecule has 11 heteroatoms. The quantitative estimate of drug-likeness (QED) is 0.140. The molecule has 0 radical (unpaired) electrons. The number of esters is 1. The summed E-state index contributed by atoms with van der Waals surface area (Å²) in [5.74, 6) is -0.557. The van der Waals surface area contributed by atoms with E-state index in [0.29, 0.717) is 29.2 Å². The Morgan fingerprint density at radius 3 is 2.19 bits per heavy atom. The van der Waals surface area contributed by atoms with Crippen molar-refractivity contribution >= 4 is 38.6 Å². The fraction of sp³-hybridized carbons (Fsp3) is 0.270. The van der Waals surface area contributed by atoms with Crippen molar-refractivity contribution in [2.45, 2.75) is 64.7 Å². The lowest BCUT2D eigenvalue weighted by atomic mass is 10.1. The van der Waals surface area contributed by atoms with Crippen LogP contribution in [0.1, 0.15) is 56.3 Å². The number of sulfonamides is 1. The van der Waals surface area contributed by atoms with Crippen LogP contribution < -0.4 is 14.8 Å². The Morgan fingerprint density at radius 2 is 1.58 bits per heavy atom. The van der Waals surface area contributed by atoms with E-state index in [2.05, 4.69) is 15.0 Å². The molecule has 5 rings (SSSR count). The average Bonchev–Trinajstić information content (AvgIpc) is 3.39. The van der Waals surface area contributed by atoms with Gasteiger partial charge in [0.25, 0.3) is 5.91 Å². The highest BCUT2D eigenvalue weighted by atomic mass is 32.2. The van der Waals surface area contributed by atoms with Crippen molar-refractivity contribution in [2.24, 2.45) is 5.92 Å². The van der Waals surface area contributed by atoms with Crippen molar-refractivity contribution in [3.05, 3.63) is 108 Å². The van der Waals surface area contributed by atoms with E-state index in [1.54, 1.807) is 77.3 Å². The average molecular weight is 670 g/mol. The summed E-state index contributed by atoms with van der Waals surface area (Å²) in [6.45, 7) is 10.8. The Kier molecular flexibility index (Phi) is 10.0. The van der Waals surface area contributed by atoms with Crippen LogP contribution in [-0.2, 0) is 26.2 Å². The summed E-state index contributed by atoms with van der Waals surface area (Å²) in [7, 11) is -4.00. The summed E-state index contributed by atoms with van der Waals surface area (Å²) in [5.41, 5.74) is 3.52. The van der Waals surface area contributed by atoms with Gasteiger partial charge in [0.05, 0.1) is 10.3 Å². The second kappa shape index (κ2) is 14.0. The Balaban J connectivity index is 1.26. The molecule has 0 unspecified atom stereocenters. The van der Waals surface area contributed by atoms with E-state index < -0.39 is 33.5 Å². The van der Waals surface area contributed by atoms with Crippen LogP contribution in [0, 0.1) is 12.8 Å². The minimum Gasteiger partial charge on any atom is -0.488 e. The Morgan fingerprint density at radius 1 is 0.917 bits per heavy atom. The van der Waals surface area contributed by atoms with E-state index in [0.717, 1.165) is 22.1 Å². The van der Waals surface area contributed by atoms with Crippen molar-refractivity contribution in [1.29, 1.82) is 0 Å². The fourth-order valence-corrected chi connectivity index (χ4v) is 6.40. The number of nitrogens with one attached hydrogen (secondary N) is 2. The zero-order valence-corrected chi connectivity index (χ0v) is 28.6. The Bertz CT molecular complexity index is 2010. The molecule has 0 aliphatic rings. The number of carbonyl (C=O) groups is 2. The number of nitrogens with zero attached hydrogens (tertiary/aromatic N) is 1. The third-order valence-electron chi connectivity index (χ3n) is 7.49. The van der Waals surface area contributed by atoms with Crippen LogP contribution in [0.3, 0.4) is 0 Å². The van der Waals surface area contributed by atoms with Crippen LogP contribution in [0.2, 0.25) is 0 Å². The second-order valence-corrected chi connectivity index (χ2v) is 14.5. The monoisotopic (exact) mass is 669 g/mol. The molecular weight excluding hydrogens is 630 g/mol. The number of amides is 1. The number of hydrogen-bond acceptors (Lipinski definition) is 8. The highest BCUT2D eigenvalue weighted by Gasteiger charge is 2.32. The van der Waals surface area contributed by atoms with Gasteiger partial charge in [0.1, 0.15) is 29.6 Å². The van der Waals surface area contributed by atoms with E-state index in [4.69, 9.17) is 13.9 Å². The van der Waals surface area contributed by atoms with Gasteiger partial charge in [-0.1, -0.05) is 50.2 Å². The maximum Gasteiger partial charge on any atom is 0.324 e. The number of hydrogen-bond donors (Lipinski definition) is 2. The predicted octanol–water partition coefficient (Wildman–Crippen LogP) is 7.28. The molecule has 2 aromatic heterocycles. The number of furan rings is 1. The lowest BCUT2D eigenvalue weighted by Crippen LogP contribution is -2.47. The molecule has 3 aromatic carbocycles. The van der Waals surface area contributed by atoms with Gasteiger partial charge in [0.2, 0.25) is 10.0 Å². The number of anilines is 1. The second-order valence-electron chi connectivity index (χ2n) is 12.8. The van der Waals surface area contributed by atoms with Gasteiger partial charge < -0.3 is 19.2 Å². The van der Waals surface area contributed by atoms with Crippen molar-refractivity contribution in [2.75, 3.05) is 5.32 Å². The molecule has 0 saturated heterocycles. The molecule has 5 aromatic rings. The van der Waals surface area contributed by atoms with Crippen LogP contribution in [0.5, 0.6) is 5.75 Å². The smallest absolute Gasteiger partial charge is 0.324 e. The first-order chi connectivity index (χ1) is 22.7. The minimum absolute atomic E-state index is 0.0242. The van der Waals surface area contributed by atoms with Gasteiger partial charge in [-0.2, -0.15) is 4.72 Å². The zero-order chi connectivity index (χ0) is 34.6. The molecule has 0 fully saturated rings. The third-order valence-corrected chi connectivity index (χ3v) is 8.95. The van der Waals surface area contributed by atoms with Gasteiger partial charge in [-0.15, -0.1) is 0 Å². The van der Waals surface area contributed by atoms with Gasteiger partial charge in [0, 0.05) is 29.2 Å². The molecule has 0 bridgehead atoms. The van der Waals surface area contributed by atoms with Gasteiger partial charge in [-0.05, 0) is 87.2 Å². The van der Waals surface area contributed by atoms with E-state index >= 15 is 0 Å². The van der Waals surface area contributed by atoms with Crippen LogP contribution in [-0.4, -0.2) is 36.9 Å². The molecule has 250 valence electrons. The molecule has 0 spiro atoms. The highest BCUT2D eigenvalue weighted by molar-refractivity contribution is 7.89. The number of ether oxygens (including phenoxy) is 2. The van der Waals surface area contributed by atoms with E-state index in [1.165, 1.54) is 12.1 Å². The van der Waals surface area contributed by atoms with E-state index in [-0.39, 0.29) is 16.6 Å². The number of fused-ring (bicyclic) bond motifs is 1. The number of carbonyl (C=O) groups excluding carboxylic acids is 2. The molecular formula is C37H39N3O7S. The molecule has 0 aliphatic carbocycles. The number of benzene rings is 3. The predicted molar refractivity (Wildman–Crippen MR) is 184 cm³/mol. The first-order valence-corrected chi connectivity index (χ1v) is 17.0. The largest absolute Gasteiger partial charge is 0.488 e. The Labute approximate surface area is 280 Å². The molecule has 0 saturated carbocycles. The first-order valence-electron chi connectivity index (χ1n) is 15.5. The summed E-state index contributed by atoms with van der Waals surface area (Å²) in [6, 6.07) is 21.7. The van der Waals surface area contributed by atoms with Crippen molar-refractivity contribution < 1.29 is 31.9 Å². The van der Waals surface area contributed by atoms with Crippen molar-refractivity contribution in [3.63, 3.8) is 0 Å². The van der Waals surface area contributed by atoms with Crippen molar-refractivity contribution in [3.8, 4) is 16.9 Å². The van der Waals surface area contributed by atoms with Crippen LogP contribution >= 0.6 is 0 Å². The number of rotatable bonds is 11. The van der Waals surface area contributed by atoms with Gasteiger partial charge in [-0.3, -0.25) is 14.6 Å². The number of aromatic nitrogens is 1. The summed E-state index contributed by atoms with van der Waals surface area (Å²) in [5, 5.41) is 3.62. The molecule has 1 amide bonds. The fourth-order valence-electron chi connectivity index (χ4n) is 5.06. The summed E-state index contributed by atoms with van der Waals surface area (Å²) >= 11 is 0. The van der Waals surface area contributed by atoms with Gasteiger partial charge >= 0.3 is 5.97 Å². The standard InChI is InChI=1S/C37H39N3O7S/c1-23(2)33(36(42)47-37(4,5)6)40-48(43,44)29-18-14-27(15-19-29)26-12-16-28(17-13-26)39-35(41)34-24(3)32-30(10-7-11-31(32)46-34)45-22-25-9-8-20-38-21-25/h7-21,23,33,40H,22H2,1-6H3,(H,39,41)/t33-/m0/s1. The van der Waals surface area contributed by atoms with Gasteiger partial charge in [0.15, 0.2) is 5.76 Å². The lowest BCUT2D eigenvalue weighted by molar-refractivity contribution is -0.158. The summed E-state index contributed by atoms with van der Waals surface area (Å²) in [4.78, 5) is 30.1. The maximum absolute atomic E-state index is 13.3. The van der Waals surface area contributed by atoms with Crippen LogP contribution in [0.25, 0.3) is 22.1 Å². The minimum atomic E-state index is -4.00. The molecule has 0 aliphatic heterocycles. The van der Waals surface area contributed by atoms with Gasteiger partial charge in [-0.25, -0.2) is 8.42 Å². The number of pyridine rings is 1. The zero-order valence-electron chi connectivity index (χ0n) is 27.7. The normalized spacial score (nSPS) is 12.6. The SMILES string of the molecule is Cc1c(C(=O)Nc2ccc(-c3ccc(S(=O)(=O)N[C@H](C(=O)OC(C)(C)C)C(C)C)cc3)cc2)oc2cccc(OCc3cccnc3)c12. The van der Waals surface area contributed by atoms with Crippen LogP contribution in [0.4, 0.5) is 5.69 Å². The van der Waals surface area contributed by atoms with Crippen LogP contribution in [0.15, 0.2) is 101 Å². The molecule has 2 heterocycles. The Hall–Kier alpha value is -5.00. The first kappa shape index (κ1) is 34.3. The maximum atomic E-state index is 13.3. The molecule has 10 nitrogen and oxygen atoms in total.